The monoisotopic (exact) mass is 260 g/mol. The normalized spacial score (nSPS) is 23.8. The summed E-state index contributed by atoms with van der Waals surface area (Å²) in [6.07, 6.45) is 8.71. The minimum absolute atomic E-state index is 0.138. The Kier molecular flexibility index (Phi) is 2.86. The van der Waals surface area contributed by atoms with Gasteiger partial charge >= 0.3 is 0 Å². The van der Waals surface area contributed by atoms with Crippen LogP contribution < -0.4 is 5.73 Å². The second kappa shape index (κ2) is 4.30. The predicted molar refractivity (Wildman–Crippen MR) is 73.7 cm³/mol. The highest BCUT2D eigenvalue weighted by atomic mass is 16.6. The number of nitro groups is 1. The number of non-ortho nitro benzene ring substituents is 1. The minimum Gasteiger partial charge on any atom is -0.321 e. The molecule has 1 aromatic rings. The molecule has 0 bridgehead atoms. The Hall–Kier alpha value is -1.42. The van der Waals surface area contributed by atoms with Crippen LogP contribution in [0.5, 0.6) is 0 Å². The zero-order valence-corrected chi connectivity index (χ0v) is 11.1. The molecule has 4 nitrogen and oxygen atoms in total. The molecule has 4 heteroatoms. The van der Waals surface area contributed by atoms with Crippen LogP contribution in [0.25, 0.3) is 0 Å². The van der Waals surface area contributed by atoms with Gasteiger partial charge in [0.2, 0.25) is 0 Å². The molecule has 0 saturated heterocycles. The summed E-state index contributed by atoms with van der Waals surface area (Å²) < 4.78 is 0. The maximum absolute atomic E-state index is 10.7. The highest BCUT2D eigenvalue weighted by Gasteiger charge is 2.52. The van der Waals surface area contributed by atoms with E-state index < -0.39 is 0 Å². The summed E-state index contributed by atoms with van der Waals surface area (Å²) in [5.74, 6) is 0. The van der Waals surface area contributed by atoms with Crippen molar-refractivity contribution in [1.82, 2.24) is 0 Å². The molecule has 3 rings (SSSR count). The van der Waals surface area contributed by atoms with Gasteiger partial charge in [0.1, 0.15) is 0 Å². The molecule has 0 aliphatic heterocycles. The number of nitro benzene ring substituents is 1. The summed E-state index contributed by atoms with van der Waals surface area (Å²) in [7, 11) is 0. The Morgan fingerprint density at radius 2 is 1.63 bits per heavy atom. The average molecular weight is 260 g/mol. The van der Waals surface area contributed by atoms with Crippen LogP contribution in [0.4, 0.5) is 5.69 Å². The maximum Gasteiger partial charge on any atom is 0.269 e. The molecule has 1 aromatic carbocycles. The highest BCUT2D eigenvalue weighted by Crippen LogP contribution is 2.59. The van der Waals surface area contributed by atoms with E-state index in [1.807, 2.05) is 12.1 Å². The SMILES string of the molecule is NC1(c2ccc([N+](=O)[O-])cc2)CC2(CCCCC2)C1. The van der Waals surface area contributed by atoms with E-state index in [0.717, 1.165) is 18.4 Å². The summed E-state index contributed by atoms with van der Waals surface area (Å²) in [5.41, 5.74) is 7.88. The van der Waals surface area contributed by atoms with Gasteiger partial charge in [0, 0.05) is 17.7 Å². The van der Waals surface area contributed by atoms with E-state index >= 15 is 0 Å². The van der Waals surface area contributed by atoms with Gasteiger partial charge in [-0.3, -0.25) is 10.1 Å². The van der Waals surface area contributed by atoms with E-state index in [9.17, 15) is 10.1 Å². The lowest BCUT2D eigenvalue weighted by molar-refractivity contribution is -0.384. The molecule has 0 heterocycles. The Labute approximate surface area is 113 Å². The zero-order valence-electron chi connectivity index (χ0n) is 11.1. The minimum atomic E-state index is -0.365. The molecule has 2 aliphatic carbocycles. The summed E-state index contributed by atoms with van der Waals surface area (Å²) in [5, 5.41) is 10.7. The fourth-order valence-electron chi connectivity index (χ4n) is 4.06. The number of hydrogen-bond donors (Lipinski definition) is 1. The Bertz CT molecular complexity index is 481. The lowest BCUT2D eigenvalue weighted by Gasteiger charge is -2.56. The molecule has 19 heavy (non-hydrogen) atoms. The summed E-state index contributed by atoms with van der Waals surface area (Å²) in [6, 6.07) is 6.78. The lowest BCUT2D eigenvalue weighted by Crippen LogP contribution is -2.56. The van der Waals surface area contributed by atoms with E-state index in [0.29, 0.717) is 5.41 Å². The van der Waals surface area contributed by atoms with E-state index in [1.165, 1.54) is 32.1 Å². The maximum atomic E-state index is 10.7. The fourth-order valence-corrected chi connectivity index (χ4v) is 4.06. The second-order valence-corrected chi connectivity index (χ2v) is 6.37. The topological polar surface area (TPSA) is 69.2 Å². The Balaban J connectivity index is 1.74. The van der Waals surface area contributed by atoms with Crippen molar-refractivity contribution in [2.75, 3.05) is 0 Å². The van der Waals surface area contributed by atoms with Gasteiger partial charge < -0.3 is 5.73 Å². The van der Waals surface area contributed by atoms with Crippen molar-refractivity contribution in [3.05, 3.63) is 39.9 Å². The molecular weight excluding hydrogens is 240 g/mol. The molecule has 1 spiro atoms. The Morgan fingerprint density at radius 1 is 1.05 bits per heavy atom. The summed E-state index contributed by atoms with van der Waals surface area (Å²) in [6.45, 7) is 0. The molecule has 0 unspecified atom stereocenters. The van der Waals surface area contributed by atoms with Gasteiger partial charge in [-0.05, 0) is 36.7 Å². The third kappa shape index (κ3) is 2.14. The van der Waals surface area contributed by atoms with Crippen LogP contribution >= 0.6 is 0 Å². The van der Waals surface area contributed by atoms with E-state index in [1.54, 1.807) is 12.1 Å². The third-order valence-electron chi connectivity index (χ3n) is 4.95. The van der Waals surface area contributed by atoms with Crippen molar-refractivity contribution >= 4 is 5.69 Å². The fraction of sp³-hybridized carbons (Fsp3) is 0.600. The van der Waals surface area contributed by atoms with Crippen LogP contribution in [-0.4, -0.2) is 4.92 Å². The van der Waals surface area contributed by atoms with Gasteiger partial charge in [0.05, 0.1) is 4.92 Å². The average Bonchev–Trinajstić information content (AvgIpc) is 2.38. The van der Waals surface area contributed by atoms with Gasteiger partial charge in [0.25, 0.3) is 5.69 Å². The first-order chi connectivity index (χ1) is 9.03. The number of nitrogens with two attached hydrogens (primary N) is 1. The van der Waals surface area contributed by atoms with Crippen LogP contribution in [0, 0.1) is 15.5 Å². The molecule has 0 aromatic heterocycles. The van der Waals surface area contributed by atoms with Crippen molar-refractivity contribution < 1.29 is 4.92 Å². The molecule has 2 aliphatic rings. The van der Waals surface area contributed by atoms with Crippen LogP contribution in [-0.2, 0) is 5.54 Å². The first kappa shape index (κ1) is 12.6. The van der Waals surface area contributed by atoms with Crippen molar-refractivity contribution in [2.45, 2.75) is 50.5 Å². The molecule has 0 radical (unpaired) electrons. The zero-order chi connectivity index (χ0) is 13.5. The quantitative estimate of drug-likeness (QED) is 0.653. The Morgan fingerprint density at radius 3 is 2.16 bits per heavy atom. The molecule has 2 N–H and O–H groups in total. The molecule has 2 fully saturated rings. The number of hydrogen-bond acceptors (Lipinski definition) is 3. The van der Waals surface area contributed by atoms with Gasteiger partial charge in [-0.2, -0.15) is 0 Å². The van der Waals surface area contributed by atoms with Crippen LogP contribution in [0.2, 0.25) is 0 Å². The number of nitrogens with zero attached hydrogens (tertiary/aromatic N) is 1. The lowest BCUT2D eigenvalue weighted by atomic mass is 9.51. The van der Waals surface area contributed by atoms with Crippen LogP contribution in [0.1, 0.15) is 50.5 Å². The van der Waals surface area contributed by atoms with E-state index in [2.05, 4.69) is 0 Å². The van der Waals surface area contributed by atoms with Gasteiger partial charge in [0.15, 0.2) is 0 Å². The number of rotatable bonds is 2. The van der Waals surface area contributed by atoms with E-state index in [-0.39, 0.29) is 16.1 Å². The van der Waals surface area contributed by atoms with Crippen molar-refractivity contribution in [3.8, 4) is 0 Å². The van der Waals surface area contributed by atoms with Crippen LogP contribution in [0.15, 0.2) is 24.3 Å². The summed E-state index contributed by atoms with van der Waals surface area (Å²) in [4.78, 5) is 10.3. The first-order valence-electron chi connectivity index (χ1n) is 7.07. The van der Waals surface area contributed by atoms with Crippen molar-refractivity contribution in [3.63, 3.8) is 0 Å². The molecule has 0 amide bonds. The van der Waals surface area contributed by atoms with Gasteiger partial charge in [-0.15, -0.1) is 0 Å². The molecule has 2 saturated carbocycles. The van der Waals surface area contributed by atoms with Gasteiger partial charge in [-0.25, -0.2) is 0 Å². The molecule has 0 atom stereocenters. The highest BCUT2D eigenvalue weighted by molar-refractivity contribution is 5.38. The third-order valence-corrected chi connectivity index (χ3v) is 4.95. The van der Waals surface area contributed by atoms with Gasteiger partial charge in [-0.1, -0.05) is 31.4 Å². The summed E-state index contributed by atoms with van der Waals surface area (Å²) >= 11 is 0. The molecule has 102 valence electrons. The largest absolute Gasteiger partial charge is 0.321 e. The number of benzene rings is 1. The predicted octanol–water partition coefficient (Wildman–Crippen LogP) is 3.49. The molecular formula is C15H20N2O2. The standard InChI is InChI=1S/C15H20N2O2/c16-15(10-14(11-15)8-2-1-3-9-14)12-4-6-13(7-5-12)17(18)19/h4-7H,1-3,8-11,16H2. The smallest absolute Gasteiger partial charge is 0.269 e. The first-order valence-corrected chi connectivity index (χ1v) is 7.07. The van der Waals surface area contributed by atoms with Crippen LogP contribution in [0.3, 0.4) is 0 Å². The van der Waals surface area contributed by atoms with E-state index in [4.69, 9.17) is 5.73 Å². The van der Waals surface area contributed by atoms with Crippen molar-refractivity contribution in [1.29, 1.82) is 0 Å². The second-order valence-electron chi connectivity index (χ2n) is 6.37. The van der Waals surface area contributed by atoms with Crippen molar-refractivity contribution in [2.24, 2.45) is 11.1 Å².